The van der Waals surface area contributed by atoms with E-state index >= 15 is 0 Å². The summed E-state index contributed by atoms with van der Waals surface area (Å²) in [7, 11) is 1.84. The summed E-state index contributed by atoms with van der Waals surface area (Å²) in [5.74, 6) is -0.650. The van der Waals surface area contributed by atoms with Gasteiger partial charge in [-0.15, -0.1) is 0 Å². The van der Waals surface area contributed by atoms with Crippen LogP contribution in [-0.2, 0) is 20.8 Å². The minimum absolute atomic E-state index is 0.0574. The molecule has 1 heterocycles. The van der Waals surface area contributed by atoms with Crippen LogP contribution in [-0.4, -0.2) is 37.3 Å². The number of rotatable bonds is 8. The molecule has 2 N–H and O–H groups in total. The van der Waals surface area contributed by atoms with E-state index in [1.54, 1.807) is 0 Å². The van der Waals surface area contributed by atoms with Gasteiger partial charge in [0, 0.05) is 0 Å². The number of hydrogen-bond donors (Lipinski definition) is 2. The minimum atomic E-state index is -0.650. The fourth-order valence-electron chi connectivity index (χ4n) is 3.39. The molecule has 0 amide bonds. The van der Waals surface area contributed by atoms with Gasteiger partial charge in [-0.2, -0.15) is 0 Å². The summed E-state index contributed by atoms with van der Waals surface area (Å²) in [6.07, 6.45) is -0.362. The maximum absolute atomic E-state index is 9.44. The van der Waals surface area contributed by atoms with E-state index in [9.17, 15) is 5.11 Å². The van der Waals surface area contributed by atoms with E-state index < -0.39 is 5.79 Å². The molecule has 3 unspecified atom stereocenters. The van der Waals surface area contributed by atoms with E-state index in [1.165, 1.54) is 0 Å². The molecule has 3 rings (SSSR count). The quantitative estimate of drug-likeness (QED) is 0.745. The molecule has 0 spiro atoms. The number of benzene rings is 2. The van der Waals surface area contributed by atoms with E-state index in [1.807, 2.05) is 75.5 Å². The number of hydrogen-bond acceptors (Lipinski definition) is 5. The van der Waals surface area contributed by atoms with Gasteiger partial charge in [0.1, 0.15) is 12.2 Å². The molecule has 5 heteroatoms. The van der Waals surface area contributed by atoms with Crippen molar-refractivity contribution in [1.29, 1.82) is 0 Å². The average Bonchev–Trinajstić information content (AvgIpc) is 2.99. The molecule has 2 aromatic carbocycles. The third kappa shape index (κ3) is 5.15. The highest BCUT2D eigenvalue weighted by Gasteiger charge is 2.42. The summed E-state index contributed by atoms with van der Waals surface area (Å²) in [5.41, 5.74) is 3.22. The maximum atomic E-state index is 9.44. The fraction of sp³-hybridized carbons (Fsp3) is 0.455. The van der Waals surface area contributed by atoms with Crippen LogP contribution in [0.15, 0.2) is 54.6 Å². The van der Waals surface area contributed by atoms with Crippen molar-refractivity contribution in [2.24, 2.45) is 0 Å². The average molecular weight is 371 g/mol. The minimum Gasteiger partial charge on any atom is -0.394 e. The zero-order chi connectivity index (χ0) is 19.3. The van der Waals surface area contributed by atoms with E-state index in [2.05, 4.69) is 5.32 Å². The zero-order valence-corrected chi connectivity index (χ0v) is 16.2. The van der Waals surface area contributed by atoms with Gasteiger partial charge in [0.15, 0.2) is 5.79 Å². The molecule has 0 aliphatic carbocycles. The fourth-order valence-corrected chi connectivity index (χ4v) is 3.39. The number of aliphatic hydroxyl groups is 1. The molecule has 5 nitrogen and oxygen atoms in total. The molecule has 3 atom stereocenters. The Balaban J connectivity index is 1.66. The van der Waals surface area contributed by atoms with Crippen LogP contribution in [0.25, 0.3) is 0 Å². The second kappa shape index (κ2) is 8.95. The number of likely N-dealkylation sites (N-methyl/N-ethyl adjacent to an activating group) is 1. The standard InChI is InChI=1S/C22H29NO4/c1-22(2)26-20(15-25-14-16-7-5-4-6-8-16)21(27-22)18-11-9-17(10-12-18)19(13-24)23-3/h4-12,19-21,23-24H,13-15H2,1-3H3. The molecule has 1 fully saturated rings. The summed E-state index contributed by atoms with van der Waals surface area (Å²) in [4.78, 5) is 0. The highest BCUT2D eigenvalue weighted by molar-refractivity contribution is 5.28. The van der Waals surface area contributed by atoms with Gasteiger partial charge in [-0.25, -0.2) is 0 Å². The number of ether oxygens (including phenoxy) is 3. The first-order valence-electron chi connectivity index (χ1n) is 9.37. The van der Waals surface area contributed by atoms with Crippen molar-refractivity contribution in [3.05, 3.63) is 71.3 Å². The maximum Gasteiger partial charge on any atom is 0.164 e. The molecular weight excluding hydrogens is 342 g/mol. The van der Waals surface area contributed by atoms with Crippen molar-refractivity contribution >= 4 is 0 Å². The first-order chi connectivity index (χ1) is 13.0. The predicted octanol–water partition coefficient (Wildman–Crippen LogP) is 3.35. The Morgan fingerprint density at radius 1 is 1.07 bits per heavy atom. The van der Waals surface area contributed by atoms with Gasteiger partial charge in [-0.05, 0) is 37.6 Å². The van der Waals surface area contributed by atoms with Gasteiger partial charge >= 0.3 is 0 Å². The first kappa shape index (κ1) is 20.0. The van der Waals surface area contributed by atoms with Crippen LogP contribution in [0.5, 0.6) is 0 Å². The van der Waals surface area contributed by atoms with Gasteiger partial charge in [-0.3, -0.25) is 0 Å². The third-order valence-electron chi connectivity index (χ3n) is 4.78. The van der Waals surface area contributed by atoms with Gasteiger partial charge in [-0.1, -0.05) is 54.6 Å². The molecule has 0 bridgehead atoms. The van der Waals surface area contributed by atoms with Crippen LogP contribution in [0.4, 0.5) is 0 Å². The molecule has 0 saturated carbocycles. The molecule has 0 aromatic heterocycles. The lowest BCUT2D eigenvalue weighted by Crippen LogP contribution is -2.24. The summed E-state index contributed by atoms with van der Waals surface area (Å²) < 4.78 is 18.1. The SMILES string of the molecule is CNC(CO)c1ccc(C2OC(C)(C)OC2COCc2ccccc2)cc1. The van der Waals surface area contributed by atoms with Gasteiger partial charge in [0.05, 0.1) is 25.9 Å². The lowest BCUT2D eigenvalue weighted by molar-refractivity contribution is -0.151. The van der Waals surface area contributed by atoms with Crippen LogP contribution < -0.4 is 5.32 Å². The first-order valence-corrected chi connectivity index (χ1v) is 9.37. The van der Waals surface area contributed by atoms with Crippen molar-refractivity contribution in [3.63, 3.8) is 0 Å². The van der Waals surface area contributed by atoms with Crippen molar-refractivity contribution in [2.45, 2.75) is 44.5 Å². The van der Waals surface area contributed by atoms with E-state index in [-0.39, 0.29) is 24.9 Å². The predicted molar refractivity (Wildman–Crippen MR) is 104 cm³/mol. The van der Waals surface area contributed by atoms with E-state index in [4.69, 9.17) is 14.2 Å². The van der Waals surface area contributed by atoms with Crippen LogP contribution in [0, 0.1) is 0 Å². The summed E-state index contributed by atoms with van der Waals surface area (Å²) in [6, 6.07) is 18.1. The van der Waals surface area contributed by atoms with E-state index in [0.29, 0.717) is 13.2 Å². The normalized spacial score (nSPS) is 22.7. The van der Waals surface area contributed by atoms with Crippen molar-refractivity contribution in [3.8, 4) is 0 Å². The Labute approximate surface area is 161 Å². The topological polar surface area (TPSA) is 60.0 Å². The summed E-state index contributed by atoms with van der Waals surface area (Å²) in [5, 5.41) is 12.5. The molecule has 0 radical (unpaired) electrons. The van der Waals surface area contributed by atoms with Gasteiger partial charge in [0.2, 0.25) is 0 Å². The largest absolute Gasteiger partial charge is 0.394 e. The molecule has 27 heavy (non-hydrogen) atoms. The smallest absolute Gasteiger partial charge is 0.164 e. The van der Waals surface area contributed by atoms with Crippen LogP contribution in [0.2, 0.25) is 0 Å². The monoisotopic (exact) mass is 371 g/mol. The molecule has 2 aromatic rings. The summed E-state index contributed by atoms with van der Waals surface area (Å²) >= 11 is 0. The van der Waals surface area contributed by atoms with Crippen molar-refractivity contribution in [2.75, 3.05) is 20.3 Å². The highest BCUT2D eigenvalue weighted by atomic mass is 16.8. The number of aliphatic hydroxyl groups excluding tert-OH is 1. The Morgan fingerprint density at radius 2 is 1.78 bits per heavy atom. The van der Waals surface area contributed by atoms with E-state index in [0.717, 1.165) is 16.7 Å². The Bertz CT molecular complexity index is 698. The Hall–Kier alpha value is -1.76. The second-order valence-electron chi connectivity index (χ2n) is 7.29. The molecule has 1 saturated heterocycles. The highest BCUT2D eigenvalue weighted by Crippen LogP contribution is 2.38. The van der Waals surface area contributed by atoms with Crippen LogP contribution in [0.3, 0.4) is 0 Å². The third-order valence-corrected chi connectivity index (χ3v) is 4.78. The Morgan fingerprint density at radius 3 is 2.41 bits per heavy atom. The lowest BCUT2D eigenvalue weighted by atomic mass is 10.0. The molecule has 1 aliphatic rings. The molecule has 1 aliphatic heterocycles. The zero-order valence-electron chi connectivity index (χ0n) is 16.2. The molecular formula is C22H29NO4. The second-order valence-corrected chi connectivity index (χ2v) is 7.29. The van der Waals surface area contributed by atoms with Crippen LogP contribution >= 0.6 is 0 Å². The van der Waals surface area contributed by atoms with Crippen molar-refractivity contribution in [1.82, 2.24) is 5.32 Å². The van der Waals surface area contributed by atoms with Gasteiger partial charge < -0.3 is 24.6 Å². The molecule has 146 valence electrons. The number of nitrogens with one attached hydrogen (secondary N) is 1. The Kier molecular flexibility index (Phi) is 6.63. The van der Waals surface area contributed by atoms with Gasteiger partial charge in [0.25, 0.3) is 0 Å². The lowest BCUT2D eigenvalue weighted by Gasteiger charge is -2.19. The summed E-state index contributed by atoms with van der Waals surface area (Å²) in [6.45, 7) is 4.91. The van der Waals surface area contributed by atoms with Crippen molar-refractivity contribution < 1.29 is 19.3 Å². The van der Waals surface area contributed by atoms with Crippen LogP contribution in [0.1, 0.15) is 42.7 Å².